The molecule has 1 atom stereocenters. The van der Waals surface area contributed by atoms with Crippen molar-refractivity contribution in [1.29, 1.82) is 0 Å². The third-order valence-corrected chi connectivity index (χ3v) is 4.03. The van der Waals surface area contributed by atoms with Gasteiger partial charge in [0, 0.05) is 6.54 Å². The van der Waals surface area contributed by atoms with Crippen molar-refractivity contribution < 1.29 is 4.74 Å². The van der Waals surface area contributed by atoms with Gasteiger partial charge in [-0.3, -0.25) is 0 Å². The number of nitrogens with one attached hydrogen (secondary N) is 1. The maximum atomic E-state index is 5.94. The van der Waals surface area contributed by atoms with Crippen LogP contribution in [0.1, 0.15) is 65.0 Å². The van der Waals surface area contributed by atoms with Gasteiger partial charge in [-0.25, -0.2) is 0 Å². The van der Waals surface area contributed by atoms with Crippen molar-refractivity contribution in [3.8, 4) is 0 Å². The Morgan fingerprint density at radius 3 is 2.19 bits per heavy atom. The lowest BCUT2D eigenvalue weighted by molar-refractivity contribution is -0.0316. The van der Waals surface area contributed by atoms with E-state index in [2.05, 4.69) is 71.1 Å². The standard InChI is InChI=1S/C19H33NO/c1-7-19(5,6)21-14-17-8-10-18(11-9-17)16(4)13-20-12-15(2)3/h8-11,15-16,20H,7,12-14H2,1-6H3. The first-order valence-corrected chi connectivity index (χ1v) is 8.27. The molecule has 1 aromatic rings. The maximum absolute atomic E-state index is 5.94. The molecule has 0 saturated heterocycles. The quantitative estimate of drug-likeness (QED) is 0.709. The van der Waals surface area contributed by atoms with Crippen molar-refractivity contribution in [3.05, 3.63) is 35.4 Å². The minimum absolute atomic E-state index is 0.0350. The second kappa shape index (κ2) is 8.55. The van der Waals surface area contributed by atoms with Crippen LogP contribution in [-0.4, -0.2) is 18.7 Å². The highest BCUT2D eigenvalue weighted by Gasteiger charge is 2.15. The molecule has 0 saturated carbocycles. The Morgan fingerprint density at radius 2 is 1.67 bits per heavy atom. The van der Waals surface area contributed by atoms with Gasteiger partial charge in [0.25, 0.3) is 0 Å². The van der Waals surface area contributed by atoms with Crippen LogP contribution in [-0.2, 0) is 11.3 Å². The van der Waals surface area contributed by atoms with Gasteiger partial charge in [-0.15, -0.1) is 0 Å². The molecule has 1 unspecified atom stereocenters. The predicted molar refractivity (Wildman–Crippen MR) is 91.7 cm³/mol. The Labute approximate surface area is 131 Å². The number of benzene rings is 1. The average Bonchev–Trinajstić information content (AvgIpc) is 2.45. The fourth-order valence-corrected chi connectivity index (χ4v) is 2.03. The number of hydrogen-bond acceptors (Lipinski definition) is 2. The number of ether oxygens (including phenoxy) is 1. The molecular formula is C19H33NO. The zero-order chi connectivity index (χ0) is 15.9. The van der Waals surface area contributed by atoms with Gasteiger partial charge < -0.3 is 10.1 Å². The molecule has 0 aromatic heterocycles. The highest BCUT2D eigenvalue weighted by molar-refractivity contribution is 5.25. The largest absolute Gasteiger partial charge is 0.371 e. The summed E-state index contributed by atoms with van der Waals surface area (Å²) < 4.78 is 5.94. The molecule has 0 amide bonds. The zero-order valence-corrected chi connectivity index (χ0v) is 14.7. The van der Waals surface area contributed by atoms with E-state index in [1.165, 1.54) is 11.1 Å². The summed E-state index contributed by atoms with van der Waals surface area (Å²) in [6.07, 6.45) is 1.03. The summed E-state index contributed by atoms with van der Waals surface area (Å²) in [4.78, 5) is 0. The smallest absolute Gasteiger partial charge is 0.0724 e. The first-order chi connectivity index (χ1) is 9.84. The van der Waals surface area contributed by atoms with Gasteiger partial charge in [0.15, 0.2) is 0 Å². The average molecular weight is 291 g/mol. The van der Waals surface area contributed by atoms with Gasteiger partial charge in [0.2, 0.25) is 0 Å². The Morgan fingerprint density at radius 1 is 1.05 bits per heavy atom. The molecule has 21 heavy (non-hydrogen) atoms. The minimum atomic E-state index is -0.0350. The van der Waals surface area contributed by atoms with Gasteiger partial charge in [0.1, 0.15) is 0 Å². The summed E-state index contributed by atoms with van der Waals surface area (Å²) in [5.41, 5.74) is 2.61. The topological polar surface area (TPSA) is 21.3 Å². The van der Waals surface area contributed by atoms with Crippen molar-refractivity contribution in [2.45, 2.75) is 66.1 Å². The lowest BCUT2D eigenvalue weighted by Crippen LogP contribution is -2.24. The highest BCUT2D eigenvalue weighted by atomic mass is 16.5. The van der Waals surface area contributed by atoms with Gasteiger partial charge in [0.05, 0.1) is 12.2 Å². The van der Waals surface area contributed by atoms with Gasteiger partial charge >= 0.3 is 0 Å². The van der Waals surface area contributed by atoms with Crippen molar-refractivity contribution in [2.75, 3.05) is 13.1 Å². The second-order valence-electron chi connectivity index (χ2n) is 7.10. The summed E-state index contributed by atoms with van der Waals surface area (Å²) in [6, 6.07) is 8.86. The van der Waals surface area contributed by atoms with Crippen LogP contribution < -0.4 is 5.32 Å². The monoisotopic (exact) mass is 291 g/mol. The molecule has 120 valence electrons. The van der Waals surface area contributed by atoms with Crippen LogP contribution in [0, 0.1) is 5.92 Å². The summed E-state index contributed by atoms with van der Waals surface area (Å²) in [6.45, 7) is 16.0. The first-order valence-electron chi connectivity index (χ1n) is 8.27. The molecule has 0 heterocycles. The summed E-state index contributed by atoms with van der Waals surface area (Å²) >= 11 is 0. The first kappa shape index (κ1) is 18.2. The van der Waals surface area contributed by atoms with E-state index in [1.54, 1.807) is 0 Å². The third-order valence-electron chi connectivity index (χ3n) is 4.03. The molecule has 0 bridgehead atoms. The summed E-state index contributed by atoms with van der Waals surface area (Å²) in [5.74, 6) is 1.25. The normalized spacial score (nSPS) is 13.7. The Hall–Kier alpha value is -0.860. The van der Waals surface area contributed by atoms with Crippen LogP contribution in [0.2, 0.25) is 0 Å². The van der Waals surface area contributed by atoms with Crippen LogP contribution in [0.3, 0.4) is 0 Å². The van der Waals surface area contributed by atoms with Crippen LogP contribution >= 0.6 is 0 Å². The molecule has 0 aliphatic heterocycles. The fourth-order valence-electron chi connectivity index (χ4n) is 2.03. The van der Waals surface area contributed by atoms with E-state index < -0.39 is 0 Å². The van der Waals surface area contributed by atoms with Gasteiger partial charge in [-0.2, -0.15) is 0 Å². The van der Waals surface area contributed by atoms with E-state index in [-0.39, 0.29) is 5.60 Å². The van der Waals surface area contributed by atoms with E-state index in [4.69, 9.17) is 4.74 Å². The zero-order valence-electron chi connectivity index (χ0n) is 14.7. The molecule has 0 spiro atoms. The molecule has 1 N–H and O–H groups in total. The summed E-state index contributed by atoms with van der Waals surface area (Å²) in [7, 11) is 0. The van der Waals surface area contributed by atoms with E-state index >= 15 is 0 Å². The van der Waals surface area contributed by atoms with Gasteiger partial charge in [-0.1, -0.05) is 52.0 Å². The SMILES string of the molecule is CCC(C)(C)OCc1ccc(C(C)CNCC(C)C)cc1. The molecule has 0 fully saturated rings. The van der Waals surface area contributed by atoms with E-state index in [1.807, 2.05) is 0 Å². The molecule has 0 aliphatic carbocycles. The van der Waals surface area contributed by atoms with Crippen molar-refractivity contribution >= 4 is 0 Å². The van der Waals surface area contributed by atoms with Crippen LogP contribution in [0.15, 0.2) is 24.3 Å². The van der Waals surface area contributed by atoms with E-state index in [0.29, 0.717) is 18.4 Å². The van der Waals surface area contributed by atoms with Crippen LogP contribution in [0.5, 0.6) is 0 Å². The Kier molecular flexibility index (Phi) is 7.41. The van der Waals surface area contributed by atoms with Crippen molar-refractivity contribution in [3.63, 3.8) is 0 Å². The Bertz CT molecular complexity index is 395. The van der Waals surface area contributed by atoms with Crippen LogP contribution in [0.4, 0.5) is 0 Å². The third kappa shape index (κ3) is 7.10. The van der Waals surface area contributed by atoms with E-state index in [0.717, 1.165) is 19.5 Å². The lowest BCUT2D eigenvalue weighted by atomic mass is 9.99. The van der Waals surface area contributed by atoms with Gasteiger partial charge in [-0.05, 0) is 49.8 Å². The molecule has 2 heteroatoms. The number of hydrogen-bond donors (Lipinski definition) is 1. The second-order valence-corrected chi connectivity index (χ2v) is 7.10. The Balaban J connectivity index is 2.46. The molecule has 0 radical (unpaired) electrons. The highest BCUT2D eigenvalue weighted by Crippen LogP contribution is 2.19. The van der Waals surface area contributed by atoms with E-state index in [9.17, 15) is 0 Å². The predicted octanol–water partition coefficient (Wildman–Crippen LogP) is 4.74. The van der Waals surface area contributed by atoms with Crippen molar-refractivity contribution in [1.82, 2.24) is 5.32 Å². The van der Waals surface area contributed by atoms with Crippen LogP contribution in [0.25, 0.3) is 0 Å². The fraction of sp³-hybridized carbons (Fsp3) is 0.684. The molecule has 2 nitrogen and oxygen atoms in total. The lowest BCUT2D eigenvalue weighted by Gasteiger charge is -2.23. The number of rotatable bonds is 9. The minimum Gasteiger partial charge on any atom is -0.371 e. The van der Waals surface area contributed by atoms with Crippen molar-refractivity contribution in [2.24, 2.45) is 5.92 Å². The molecule has 1 rings (SSSR count). The molecular weight excluding hydrogens is 258 g/mol. The molecule has 1 aromatic carbocycles. The molecule has 0 aliphatic rings. The summed E-state index contributed by atoms with van der Waals surface area (Å²) in [5, 5.41) is 3.53. The maximum Gasteiger partial charge on any atom is 0.0724 e.